The lowest BCUT2D eigenvalue weighted by molar-refractivity contribution is -0.137. The number of hydrogen-bond acceptors (Lipinski definition) is 4. The van der Waals surface area contributed by atoms with Crippen LogP contribution >= 0.6 is 0 Å². The SMILES string of the molecule is FC(F)(F)c1ccc(-c2cc(-c3nc(-c4ccccc4)nc(-c4ccccc4)n3)ccc2-n2c3ccccc3c3cc4oc5ccccc5c4cc32)cc1. The molecule has 0 radical (unpaired) electrons. The summed E-state index contributed by atoms with van der Waals surface area (Å²) in [6.07, 6.45) is -4.47. The average Bonchev–Trinajstić information content (AvgIpc) is 3.74. The second-order valence-electron chi connectivity index (χ2n) is 13.2. The topological polar surface area (TPSA) is 56.7 Å². The lowest BCUT2D eigenvalue weighted by Gasteiger charge is -2.17. The molecule has 0 aliphatic carbocycles. The number of para-hydroxylation sites is 2. The van der Waals surface area contributed by atoms with Crippen molar-refractivity contribution in [3.63, 3.8) is 0 Å². The Balaban J connectivity index is 1.25. The zero-order chi connectivity index (χ0) is 36.4. The molecule has 0 saturated heterocycles. The third kappa shape index (κ3) is 5.30. The van der Waals surface area contributed by atoms with Crippen LogP contribution in [-0.2, 0) is 6.18 Å². The molecule has 0 bridgehead atoms. The fourth-order valence-corrected chi connectivity index (χ4v) is 7.32. The van der Waals surface area contributed by atoms with Crippen molar-refractivity contribution in [3.8, 4) is 51.0 Å². The number of rotatable bonds is 5. The first kappa shape index (κ1) is 31.7. The molecule has 258 valence electrons. The number of aromatic nitrogens is 4. The van der Waals surface area contributed by atoms with Crippen LogP contribution in [0.2, 0.25) is 0 Å². The van der Waals surface area contributed by atoms with Gasteiger partial charge in [-0.2, -0.15) is 13.2 Å². The van der Waals surface area contributed by atoms with Gasteiger partial charge in [-0.1, -0.05) is 109 Å². The maximum atomic E-state index is 13.8. The predicted octanol–water partition coefficient (Wildman–Crippen LogP) is 12.6. The Labute approximate surface area is 306 Å². The van der Waals surface area contributed by atoms with E-state index in [1.807, 2.05) is 115 Å². The van der Waals surface area contributed by atoms with E-state index in [1.54, 1.807) is 0 Å². The Morgan fingerprint density at radius 2 is 1.00 bits per heavy atom. The minimum atomic E-state index is -4.47. The van der Waals surface area contributed by atoms with Crippen molar-refractivity contribution in [2.24, 2.45) is 0 Å². The highest BCUT2D eigenvalue weighted by Crippen LogP contribution is 2.42. The van der Waals surface area contributed by atoms with Gasteiger partial charge in [0.05, 0.1) is 22.3 Å². The maximum Gasteiger partial charge on any atom is 0.416 e. The van der Waals surface area contributed by atoms with Gasteiger partial charge in [0.1, 0.15) is 11.2 Å². The molecule has 0 atom stereocenters. The van der Waals surface area contributed by atoms with Crippen molar-refractivity contribution >= 4 is 43.7 Å². The van der Waals surface area contributed by atoms with E-state index < -0.39 is 11.7 Å². The Bertz CT molecular complexity index is 2970. The molecule has 0 amide bonds. The third-order valence-corrected chi connectivity index (χ3v) is 9.89. The molecule has 7 aromatic carbocycles. The van der Waals surface area contributed by atoms with Crippen LogP contribution in [0.25, 0.3) is 94.7 Å². The highest BCUT2D eigenvalue weighted by atomic mass is 19.4. The molecule has 0 aliphatic heterocycles. The van der Waals surface area contributed by atoms with E-state index in [0.717, 1.165) is 72.7 Å². The number of alkyl halides is 3. The first-order chi connectivity index (χ1) is 26.4. The van der Waals surface area contributed by atoms with E-state index in [0.29, 0.717) is 34.2 Å². The Morgan fingerprint density at radius 1 is 0.426 bits per heavy atom. The molecule has 54 heavy (non-hydrogen) atoms. The van der Waals surface area contributed by atoms with Crippen LogP contribution in [0.3, 0.4) is 0 Å². The highest BCUT2D eigenvalue weighted by molar-refractivity contribution is 6.17. The Hall–Kier alpha value is -7.06. The van der Waals surface area contributed by atoms with Crippen molar-refractivity contribution in [1.29, 1.82) is 0 Å². The van der Waals surface area contributed by atoms with E-state index >= 15 is 0 Å². The Morgan fingerprint density at radius 3 is 1.67 bits per heavy atom. The minimum Gasteiger partial charge on any atom is -0.456 e. The van der Waals surface area contributed by atoms with Crippen LogP contribution in [0, 0.1) is 0 Å². The molecule has 0 aliphatic rings. The lowest BCUT2D eigenvalue weighted by atomic mass is 9.98. The molecular formula is C46H27F3N4O. The number of halogens is 3. The molecule has 0 saturated carbocycles. The van der Waals surface area contributed by atoms with Crippen LogP contribution in [0.1, 0.15) is 5.56 Å². The van der Waals surface area contributed by atoms with Crippen LogP contribution in [0.15, 0.2) is 168 Å². The van der Waals surface area contributed by atoms with Gasteiger partial charge < -0.3 is 8.98 Å². The second-order valence-corrected chi connectivity index (χ2v) is 13.2. The van der Waals surface area contributed by atoms with Gasteiger partial charge in [-0.25, -0.2) is 15.0 Å². The van der Waals surface area contributed by atoms with Crippen LogP contribution in [-0.4, -0.2) is 19.5 Å². The summed E-state index contributed by atoms with van der Waals surface area (Å²) >= 11 is 0. The summed E-state index contributed by atoms with van der Waals surface area (Å²) in [5, 5.41) is 4.00. The maximum absolute atomic E-state index is 13.8. The zero-order valence-corrected chi connectivity index (χ0v) is 28.4. The number of nitrogens with zero attached hydrogens (tertiary/aromatic N) is 4. The van der Waals surface area contributed by atoms with Crippen molar-refractivity contribution in [1.82, 2.24) is 19.5 Å². The summed E-state index contributed by atoms with van der Waals surface area (Å²) in [5.74, 6) is 1.47. The zero-order valence-electron chi connectivity index (χ0n) is 28.4. The monoisotopic (exact) mass is 708 g/mol. The summed E-state index contributed by atoms with van der Waals surface area (Å²) in [7, 11) is 0. The first-order valence-electron chi connectivity index (χ1n) is 17.4. The van der Waals surface area contributed by atoms with Crippen molar-refractivity contribution < 1.29 is 17.6 Å². The standard InChI is InChI=1S/C46H27F3N4O/c47-46(48,49)32-22-19-28(20-23-32)35-25-31(45-51-43(29-11-3-1-4-12-29)50-44(52-45)30-13-5-2-6-14-30)21-24-39(35)53-38-17-9-7-15-33(38)36-27-42-37(26-40(36)53)34-16-8-10-18-41(34)54-42/h1-27H. The van der Waals surface area contributed by atoms with Gasteiger partial charge in [0.2, 0.25) is 0 Å². The number of benzene rings is 7. The first-order valence-corrected chi connectivity index (χ1v) is 17.4. The quantitative estimate of drug-likeness (QED) is 0.179. The van der Waals surface area contributed by atoms with Crippen LogP contribution in [0.5, 0.6) is 0 Å². The molecule has 3 heterocycles. The fraction of sp³-hybridized carbons (Fsp3) is 0.0217. The van der Waals surface area contributed by atoms with Gasteiger partial charge in [-0.15, -0.1) is 0 Å². The fourth-order valence-electron chi connectivity index (χ4n) is 7.32. The van der Waals surface area contributed by atoms with E-state index in [4.69, 9.17) is 19.4 Å². The number of furan rings is 1. The van der Waals surface area contributed by atoms with Gasteiger partial charge in [0.15, 0.2) is 17.5 Å². The molecule has 3 aromatic heterocycles. The number of hydrogen-bond donors (Lipinski definition) is 0. The molecule has 10 aromatic rings. The van der Waals surface area contributed by atoms with Gasteiger partial charge in [-0.3, -0.25) is 0 Å². The molecule has 0 N–H and O–H groups in total. The summed E-state index contributed by atoms with van der Waals surface area (Å²) in [6.45, 7) is 0. The molecule has 10 rings (SSSR count). The normalized spacial score (nSPS) is 12.0. The van der Waals surface area contributed by atoms with Crippen LogP contribution in [0.4, 0.5) is 13.2 Å². The van der Waals surface area contributed by atoms with Crippen LogP contribution < -0.4 is 0 Å². The molecular weight excluding hydrogens is 682 g/mol. The molecule has 0 fully saturated rings. The van der Waals surface area contributed by atoms with Crippen molar-refractivity contribution in [2.75, 3.05) is 0 Å². The molecule has 0 unspecified atom stereocenters. The Kier molecular flexibility index (Phi) is 7.20. The van der Waals surface area contributed by atoms with Gasteiger partial charge in [0, 0.05) is 43.8 Å². The minimum absolute atomic E-state index is 0.441. The summed E-state index contributed by atoms with van der Waals surface area (Å²) < 4.78 is 49.8. The van der Waals surface area contributed by atoms with E-state index in [2.05, 4.69) is 28.8 Å². The molecule has 8 heteroatoms. The largest absolute Gasteiger partial charge is 0.456 e. The summed E-state index contributed by atoms with van der Waals surface area (Å²) in [4.78, 5) is 14.7. The van der Waals surface area contributed by atoms with Crippen molar-refractivity contribution in [3.05, 3.63) is 169 Å². The van der Waals surface area contributed by atoms with Gasteiger partial charge in [-0.05, 0) is 60.2 Å². The predicted molar refractivity (Wildman–Crippen MR) is 208 cm³/mol. The third-order valence-electron chi connectivity index (χ3n) is 9.89. The van der Waals surface area contributed by atoms with E-state index in [1.165, 1.54) is 12.1 Å². The lowest BCUT2D eigenvalue weighted by Crippen LogP contribution is -2.04. The smallest absolute Gasteiger partial charge is 0.416 e. The summed E-state index contributed by atoms with van der Waals surface area (Å²) in [5.41, 5.74) is 7.22. The van der Waals surface area contributed by atoms with Gasteiger partial charge >= 0.3 is 6.18 Å². The van der Waals surface area contributed by atoms with E-state index in [-0.39, 0.29) is 0 Å². The van der Waals surface area contributed by atoms with Gasteiger partial charge in [0.25, 0.3) is 0 Å². The van der Waals surface area contributed by atoms with Crippen molar-refractivity contribution in [2.45, 2.75) is 6.18 Å². The van der Waals surface area contributed by atoms with E-state index in [9.17, 15) is 13.2 Å². The average molecular weight is 709 g/mol. The second kappa shape index (κ2) is 12.3. The molecule has 5 nitrogen and oxygen atoms in total. The molecule has 0 spiro atoms. The highest BCUT2D eigenvalue weighted by Gasteiger charge is 2.30. The number of fused-ring (bicyclic) bond motifs is 6. The summed E-state index contributed by atoms with van der Waals surface area (Å²) in [6, 6.07) is 51.0.